The number of nitrogens with zero attached hydrogens (tertiary/aromatic N) is 1. The molecule has 0 bridgehead atoms. The van der Waals surface area contributed by atoms with Crippen molar-refractivity contribution in [2.24, 2.45) is 11.8 Å². The van der Waals surface area contributed by atoms with Crippen LogP contribution in [0.4, 0.5) is 0 Å². The van der Waals surface area contributed by atoms with Crippen LogP contribution in [0.3, 0.4) is 0 Å². The van der Waals surface area contributed by atoms with E-state index < -0.39 is 0 Å². The Morgan fingerprint density at radius 3 is 3.00 bits per heavy atom. The highest BCUT2D eigenvalue weighted by molar-refractivity contribution is 6.18. The lowest BCUT2D eigenvalue weighted by molar-refractivity contribution is 0.0935. The summed E-state index contributed by atoms with van der Waals surface area (Å²) >= 11 is 5.90. The first-order valence-electron chi connectivity index (χ1n) is 5.98. The average molecular weight is 257 g/mol. The van der Waals surface area contributed by atoms with Gasteiger partial charge in [0.2, 0.25) is 0 Å². The van der Waals surface area contributed by atoms with Crippen molar-refractivity contribution in [3.05, 3.63) is 17.5 Å². The normalized spacial score (nSPS) is 23.9. The third-order valence-electron chi connectivity index (χ3n) is 3.40. The van der Waals surface area contributed by atoms with E-state index in [4.69, 9.17) is 16.1 Å². The number of halogens is 1. The standard InChI is InChI=1S/C12H17ClN2O2/c1-8-5-11(15-17-8)12(16)14-7-10-4-2-3-9(10)6-13/h5,9-10H,2-4,6-7H2,1H3,(H,14,16). The predicted octanol–water partition coefficient (Wildman–Crippen LogP) is 2.37. The van der Waals surface area contributed by atoms with Crippen molar-refractivity contribution in [1.29, 1.82) is 0 Å². The highest BCUT2D eigenvalue weighted by Crippen LogP contribution is 2.31. The summed E-state index contributed by atoms with van der Waals surface area (Å²) in [6.07, 6.45) is 3.53. The number of hydrogen-bond acceptors (Lipinski definition) is 3. The van der Waals surface area contributed by atoms with Gasteiger partial charge in [0.15, 0.2) is 5.69 Å². The van der Waals surface area contributed by atoms with Gasteiger partial charge in [0.25, 0.3) is 5.91 Å². The van der Waals surface area contributed by atoms with Crippen molar-refractivity contribution in [2.45, 2.75) is 26.2 Å². The quantitative estimate of drug-likeness (QED) is 0.842. The number of carbonyl (C=O) groups excluding carboxylic acids is 1. The fourth-order valence-corrected chi connectivity index (χ4v) is 2.78. The number of aromatic nitrogens is 1. The van der Waals surface area contributed by atoms with Gasteiger partial charge in [-0.3, -0.25) is 4.79 Å². The summed E-state index contributed by atoms with van der Waals surface area (Å²) in [5, 5.41) is 6.59. The zero-order chi connectivity index (χ0) is 12.3. The minimum atomic E-state index is -0.165. The molecule has 1 fully saturated rings. The fraction of sp³-hybridized carbons (Fsp3) is 0.667. The predicted molar refractivity (Wildman–Crippen MR) is 65.1 cm³/mol. The van der Waals surface area contributed by atoms with Crippen molar-refractivity contribution in [1.82, 2.24) is 10.5 Å². The lowest BCUT2D eigenvalue weighted by Gasteiger charge is -2.16. The van der Waals surface area contributed by atoms with Gasteiger partial charge in [-0.2, -0.15) is 0 Å². The molecule has 1 N–H and O–H groups in total. The highest BCUT2D eigenvalue weighted by Gasteiger charge is 2.26. The third-order valence-corrected chi connectivity index (χ3v) is 3.80. The molecular weight excluding hydrogens is 240 g/mol. The topological polar surface area (TPSA) is 55.1 Å². The molecule has 0 saturated heterocycles. The molecule has 1 saturated carbocycles. The van der Waals surface area contributed by atoms with E-state index in [0.29, 0.717) is 35.7 Å². The van der Waals surface area contributed by atoms with E-state index in [1.54, 1.807) is 13.0 Å². The minimum absolute atomic E-state index is 0.165. The molecule has 1 aromatic heterocycles. The number of hydrogen-bond donors (Lipinski definition) is 1. The molecule has 17 heavy (non-hydrogen) atoms. The monoisotopic (exact) mass is 256 g/mol. The van der Waals surface area contributed by atoms with E-state index in [1.165, 1.54) is 12.8 Å². The average Bonchev–Trinajstić information content (AvgIpc) is 2.94. The number of alkyl halides is 1. The number of aryl methyl sites for hydroxylation is 1. The Morgan fingerprint density at radius 2 is 2.35 bits per heavy atom. The number of carbonyl (C=O) groups is 1. The van der Waals surface area contributed by atoms with Crippen LogP contribution in [-0.2, 0) is 0 Å². The van der Waals surface area contributed by atoms with Crippen molar-refractivity contribution < 1.29 is 9.32 Å². The minimum Gasteiger partial charge on any atom is -0.361 e. The second-order valence-electron chi connectivity index (χ2n) is 4.64. The van der Waals surface area contributed by atoms with Crippen LogP contribution in [0.5, 0.6) is 0 Å². The summed E-state index contributed by atoms with van der Waals surface area (Å²) in [5.41, 5.74) is 0.350. The van der Waals surface area contributed by atoms with Gasteiger partial charge >= 0.3 is 0 Å². The lowest BCUT2D eigenvalue weighted by Crippen LogP contribution is -2.31. The molecule has 0 radical (unpaired) electrons. The van der Waals surface area contributed by atoms with Gasteiger partial charge in [0.1, 0.15) is 5.76 Å². The molecule has 0 aliphatic heterocycles. The molecule has 2 atom stereocenters. The Labute approximate surface area is 106 Å². The Bertz CT molecular complexity index is 392. The first-order chi connectivity index (χ1) is 8.20. The molecule has 1 aliphatic carbocycles. The summed E-state index contributed by atoms with van der Waals surface area (Å²) < 4.78 is 4.87. The lowest BCUT2D eigenvalue weighted by atomic mass is 9.98. The van der Waals surface area contributed by atoms with E-state index in [9.17, 15) is 4.79 Å². The molecule has 94 valence electrons. The van der Waals surface area contributed by atoms with E-state index in [-0.39, 0.29) is 5.91 Å². The van der Waals surface area contributed by atoms with Crippen molar-refractivity contribution >= 4 is 17.5 Å². The van der Waals surface area contributed by atoms with Crippen LogP contribution in [0.15, 0.2) is 10.6 Å². The smallest absolute Gasteiger partial charge is 0.273 e. The summed E-state index contributed by atoms with van der Waals surface area (Å²) in [4.78, 5) is 11.7. The van der Waals surface area contributed by atoms with E-state index >= 15 is 0 Å². The highest BCUT2D eigenvalue weighted by atomic mass is 35.5. The van der Waals surface area contributed by atoms with Gasteiger partial charge in [-0.25, -0.2) is 0 Å². The summed E-state index contributed by atoms with van der Waals surface area (Å²) in [5.74, 6) is 2.21. The number of nitrogens with one attached hydrogen (secondary N) is 1. The molecule has 1 aromatic rings. The van der Waals surface area contributed by atoms with Crippen LogP contribution in [0.1, 0.15) is 35.5 Å². The van der Waals surface area contributed by atoms with Crippen LogP contribution >= 0.6 is 11.6 Å². The molecule has 2 unspecified atom stereocenters. The van der Waals surface area contributed by atoms with Gasteiger partial charge in [-0.15, -0.1) is 11.6 Å². The Hall–Kier alpha value is -1.03. The van der Waals surface area contributed by atoms with Crippen LogP contribution in [0.25, 0.3) is 0 Å². The van der Waals surface area contributed by atoms with Crippen molar-refractivity contribution in [3.8, 4) is 0 Å². The van der Waals surface area contributed by atoms with Crippen molar-refractivity contribution in [3.63, 3.8) is 0 Å². The number of rotatable bonds is 4. The van der Waals surface area contributed by atoms with Gasteiger partial charge in [-0.05, 0) is 31.6 Å². The SMILES string of the molecule is Cc1cc(C(=O)NCC2CCCC2CCl)no1. The molecule has 5 heteroatoms. The second-order valence-corrected chi connectivity index (χ2v) is 4.95. The van der Waals surface area contributed by atoms with Gasteiger partial charge in [0.05, 0.1) is 0 Å². The molecule has 0 spiro atoms. The first kappa shape index (κ1) is 12.4. The maximum absolute atomic E-state index is 11.7. The Kier molecular flexibility index (Phi) is 4.05. The molecule has 4 nitrogen and oxygen atoms in total. The first-order valence-corrected chi connectivity index (χ1v) is 6.51. The summed E-state index contributed by atoms with van der Waals surface area (Å²) in [6, 6.07) is 1.64. The molecular formula is C12H17ClN2O2. The zero-order valence-corrected chi connectivity index (χ0v) is 10.7. The van der Waals surface area contributed by atoms with E-state index in [2.05, 4.69) is 10.5 Å². The van der Waals surface area contributed by atoms with Crippen LogP contribution in [0, 0.1) is 18.8 Å². The zero-order valence-electron chi connectivity index (χ0n) is 9.91. The maximum atomic E-state index is 11.7. The van der Waals surface area contributed by atoms with E-state index in [1.807, 2.05) is 0 Å². The van der Waals surface area contributed by atoms with E-state index in [0.717, 1.165) is 6.42 Å². The molecule has 1 heterocycles. The molecule has 0 aromatic carbocycles. The van der Waals surface area contributed by atoms with Crippen molar-refractivity contribution in [2.75, 3.05) is 12.4 Å². The van der Waals surface area contributed by atoms with Gasteiger partial charge < -0.3 is 9.84 Å². The second kappa shape index (κ2) is 5.54. The van der Waals surface area contributed by atoms with Crippen LogP contribution < -0.4 is 5.32 Å². The molecule has 2 rings (SSSR count). The molecule has 1 aliphatic rings. The largest absolute Gasteiger partial charge is 0.361 e. The number of amides is 1. The van der Waals surface area contributed by atoms with Crippen LogP contribution in [0.2, 0.25) is 0 Å². The summed E-state index contributed by atoms with van der Waals surface area (Å²) in [7, 11) is 0. The fourth-order valence-electron chi connectivity index (χ4n) is 2.37. The Morgan fingerprint density at radius 1 is 1.59 bits per heavy atom. The third kappa shape index (κ3) is 3.00. The van der Waals surface area contributed by atoms with Gasteiger partial charge in [-0.1, -0.05) is 11.6 Å². The van der Waals surface area contributed by atoms with Crippen LogP contribution in [-0.4, -0.2) is 23.5 Å². The summed E-state index contributed by atoms with van der Waals surface area (Å²) in [6.45, 7) is 2.45. The molecule has 1 amide bonds. The van der Waals surface area contributed by atoms with Gasteiger partial charge in [0, 0.05) is 18.5 Å². The maximum Gasteiger partial charge on any atom is 0.273 e. The Balaban J connectivity index is 1.84.